The summed E-state index contributed by atoms with van der Waals surface area (Å²) in [4.78, 5) is 36.8. The second-order valence-electron chi connectivity index (χ2n) is 8.96. The molecule has 1 atom stereocenters. The lowest BCUT2D eigenvalue weighted by molar-refractivity contribution is 0.0838. The topological polar surface area (TPSA) is 100 Å². The summed E-state index contributed by atoms with van der Waals surface area (Å²) >= 11 is 12.3. The van der Waals surface area contributed by atoms with E-state index < -0.39 is 28.6 Å². The number of hydrogen-bond acceptors (Lipinski definition) is 6. The maximum atomic E-state index is 14.8. The number of pyridine rings is 3. The van der Waals surface area contributed by atoms with Crippen molar-refractivity contribution in [3.05, 3.63) is 86.3 Å². The fourth-order valence-corrected chi connectivity index (χ4v) is 4.71. The molecule has 4 heterocycles. The maximum Gasteiger partial charge on any atom is 0.261 e. The van der Waals surface area contributed by atoms with E-state index >= 15 is 0 Å². The Morgan fingerprint density at radius 3 is 2.57 bits per heavy atom. The number of halogens is 4. The summed E-state index contributed by atoms with van der Waals surface area (Å²) in [6, 6.07) is 8.30. The van der Waals surface area contributed by atoms with Crippen LogP contribution in [0.3, 0.4) is 0 Å². The fraction of sp³-hybridized carbons (Fsp3) is 0.200. The molecular weight excluding hydrogens is 527 g/mol. The number of rotatable bonds is 4. The first-order valence-corrected chi connectivity index (χ1v) is 11.9. The van der Waals surface area contributed by atoms with Crippen LogP contribution in [0.2, 0.25) is 10.0 Å². The molecule has 5 rings (SSSR count). The molecule has 3 aromatic heterocycles. The molecule has 190 valence electrons. The number of carbonyl (C=O) groups is 1. The molecule has 1 fully saturated rings. The molecule has 1 saturated heterocycles. The van der Waals surface area contributed by atoms with Crippen molar-refractivity contribution in [2.24, 2.45) is 0 Å². The van der Waals surface area contributed by atoms with Crippen LogP contribution >= 0.6 is 23.2 Å². The summed E-state index contributed by atoms with van der Waals surface area (Å²) in [6.07, 6.45) is 2.41. The highest BCUT2D eigenvalue weighted by Crippen LogP contribution is 2.31. The van der Waals surface area contributed by atoms with Gasteiger partial charge in [-0.1, -0.05) is 29.3 Å². The summed E-state index contributed by atoms with van der Waals surface area (Å²) in [5.74, 6) is -2.71. The van der Waals surface area contributed by atoms with Crippen molar-refractivity contribution < 1.29 is 18.7 Å². The maximum absolute atomic E-state index is 14.8. The number of aliphatic hydroxyl groups is 1. The van der Waals surface area contributed by atoms with Crippen molar-refractivity contribution in [1.82, 2.24) is 14.5 Å². The van der Waals surface area contributed by atoms with E-state index in [1.165, 1.54) is 18.2 Å². The predicted molar refractivity (Wildman–Crippen MR) is 137 cm³/mol. The number of benzene rings is 1. The van der Waals surface area contributed by atoms with Gasteiger partial charge in [0.25, 0.3) is 5.91 Å². The average molecular weight is 546 g/mol. The van der Waals surface area contributed by atoms with Crippen LogP contribution in [0.1, 0.15) is 23.7 Å². The van der Waals surface area contributed by atoms with E-state index in [-0.39, 0.29) is 38.1 Å². The molecule has 0 saturated carbocycles. The van der Waals surface area contributed by atoms with E-state index in [1.54, 1.807) is 19.1 Å². The van der Waals surface area contributed by atoms with E-state index in [0.29, 0.717) is 31.4 Å². The second-order valence-corrected chi connectivity index (χ2v) is 9.78. The van der Waals surface area contributed by atoms with Gasteiger partial charge in [-0.15, -0.1) is 0 Å². The van der Waals surface area contributed by atoms with Crippen molar-refractivity contribution in [3.63, 3.8) is 0 Å². The molecule has 1 amide bonds. The van der Waals surface area contributed by atoms with E-state index in [4.69, 9.17) is 23.2 Å². The Labute approximate surface area is 219 Å². The van der Waals surface area contributed by atoms with Crippen LogP contribution in [0.4, 0.5) is 20.3 Å². The molecular formula is C25H19Cl2F2N5O3. The van der Waals surface area contributed by atoms with Crippen molar-refractivity contribution in [3.8, 4) is 5.82 Å². The summed E-state index contributed by atoms with van der Waals surface area (Å²) in [7, 11) is 0. The van der Waals surface area contributed by atoms with Crippen LogP contribution < -0.4 is 15.6 Å². The first kappa shape index (κ1) is 25.1. The van der Waals surface area contributed by atoms with Crippen molar-refractivity contribution in [1.29, 1.82) is 0 Å². The highest BCUT2D eigenvalue weighted by molar-refractivity contribution is 6.40. The number of hydrogen-bond donors (Lipinski definition) is 2. The van der Waals surface area contributed by atoms with E-state index in [1.807, 2.05) is 4.90 Å². The molecule has 37 heavy (non-hydrogen) atoms. The molecule has 1 aliphatic rings. The Bertz CT molecular complexity index is 1610. The highest BCUT2D eigenvalue weighted by Gasteiger charge is 2.32. The predicted octanol–water partition coefficient (Wildman–Crippen LogP) is 4.58. The molecule has 1 aliphatic heterocycles. The van der Waals surface area contributed by atoms with Gasteiger partial charge in [-0.25, -0.2) is 18.7 Å². The fourth-order valence-electron chi connectivity index (χ4n) is 4.22. The quantitative estimate of drug-likeness (QED) is 0.389. The van der Waals surface area contributed by atoms with Gasteiger partial charge >= 0.3 is 0 Å². The van der Waals surface area contributed by atoms with Gasteiger partial charge in [0.15, 0.2) is 17.3 Å². The molecule has 0 spiro atoms. The minimum atomic E-state index is -1.03. The van der Waals surface area contributed by atoms with Gasteiger partial charge in [-0.3, -0.25) is 14.2 Å². The van der Waals surface area contributed by atoms with Gasteiger partial charge < -0.3 is 15.3 Å². The van der Waals surface area contributed by atoms with E-state index in [2.05, 4.69) is 15.3 Å². The van der Waals surface area contributed by atoms with Gasteiger partial charge in [0.2, 0.25) is 5.43 Å². The van der Waals surface area contributed by atoms with Crippen molar-refractivity contribution in [2.75, 3.05) is 23.3 Å². The normalized spacial score (nSPS) is 17.4. The largest absolute Gasteiger partial charge is 0.388 e. The lowest BCUT2D eigenvalue weighted by Crippen LogP contribution is -2.30. The van der Waals surface area contributed by atoms with Crippen LogP contribution in [-0.2, 0) is 0 Å². The Morgan fingerprint density at radius 1 is 1.19 bits per heavy atom. The zero-order chi connectivity index (χ0) is 26.5. The number of β-amino-alcohol motifs (C(OH)–C–C–N with tert-alkyl or cyclic N) is 1. The number of para-hydroxylation sites is 1. The van der Waals surface area contributed by atoms with Crippen LogP contribution in [0, 0.1) is 11.6 Å². The number of aromatic nitrogens is 3. The summed E-state index contributed by atoms with van der Waals surface area (Å²) in [5, 5.41) is 13.2. The molecule has 2 N–H and O–H groups in total. The zero-order valence-electron chi connectivity index (χ0n) is 19.3. The number of nitrogens with one attached hydrogen (secondary N) is 1. The smallest absolute Gasteiger partial charge is 0.261 e. The molecule has 0 aliphatic carbocycles. The highest BCUT2D eigenvalue weighted by atomic mass is 35.5. The third kappa shape index (κ3) is 4.75. The zero-order valence-corrected chi connectivity index (χ0v) is 20.8. The Kier molecular flexibility index (Phi) is 6.35. The third-order valence-corrected chi connectivity index (χ3v) is 6.70. The Balaban J connectivity index is 1.69. The minimum Gasteiger partial charge on any atom is -0.388 e. The van der Waals surface area contributed by atoms with E-state index in [0.717, 1.165) is 17.0 Å². The van der Waals surface area contributed by atoms with Gasteiger partial charge in [0, 0.05) is 25.4 Å². The van der Waals surface area contributed by atoms with Crippen LogP contribution in [0.15, 0.2) is 53.6 Å². The second kappa shape index (κ2) is 9.37. The SMILES string of the molecule is CC1(O)CCN(c2ccc3c(=O)c(C(=O)Nc4c(Cl)cccc4Cl)cn(-c4ncc(F)cc4F)c3n2)C1. The van der Waals surface area contributed by atoms with Crippen molar-refractivity contribution in [2.45, 2.75) is 18.9 Å². The number of amides is 1. The standard InChI is InChI=1S/C25H19Cl2F2N5O3/c1-25(37)7-8-33(12-25)19-6-5-14-21(35)15(24(36)32-20-16(26)3-2-4-17(20)27)11-34(22(14)31-19)23-18(29)9-13(28)10-30-23/h2-6,9-11,37H,7-8,12H2,1H3,(H,32,36). The van der Waals surface area contributed by atoms with E-state index in [9.17, 15) is 23.5 Å². The lowest BCUT2D eigenvalue weighted by atomic mass is 10.1. The van der Waals surface area contributed by atoms with Crippen molar-refractivity contribution >= 4 is 51.6 Å². The summed E-state index contributed by atoms with van der Waals surface area (Å²) < 4.78 is 29.6. The van der Waals surface area contributed by atoms with Gasteiger partial charge in [-0.2, -0.15) is 0 Å². The summed E-state index contributed by atoms with van der Waals surface area (Å²) in [6.45, 7) is 2.52. The van der Waals surface area contributed by atoms with Crippen LogP contribution in [0.25, 0.3) is 16.9 Å². The number of carbonyl (C=O) groups excluding carboxylic acids is 1. The molecule has 0 radical (unpaired) electrons. The Morgan fingerprint density at radius 2 is 1.92 bits per heavy atom. The lowest BCUT2D eigenvalue weighted by Gasteiger charge is -2.21. The molecule has 4 aromatic rings. The Hall–Kier alpha value is -3.60. The van der Waals surface area contributed by atoms with Gasteiger partial charge in [-0.05, 0) is 37.6 Å². The first-order chi connectivity index (χ1) is 17.5. The minimum absolute atomic E-state index is 0.000577. The average Bonchev–Trinajstić information content (AvgIpc) is 3.21. The number of anilines is 2. The number of nitrogens with zero attached hydrogens (tertiary/aromatic N) is 4. The molecule has 12 heteroatoms. The number of fused-ring (bicyclic) bond motifs is 1. The first-order valence-electron chi connectivity index (χ1n) is 11.1. The monoisotopic (exact) mass is 545 g/mol. The van der Waals surface area contributed by atoms with Gasteiger partial charge in [0.05, 0.1) is 32.9 Å². The van der Waals surface area contributed by atoms with Crippen LogP contribution in [-0.4, -0.2) is 44.2 Å². The molecule has 1 aromatic carbocycles. The third-order valence-electron chi connectivity index (χ3n) is 6.07. The molecule has 8 nitrogen and oxygen atoms in total. The summed E-state index contributed by atoms with van der Waals surface area (Å²) in [5.41, 5.74) is -1.86. The van der Waals surface area contributed by atoms with Crippen LogP contribution in [0.5, 0.6) is 0 Å². The molecule has 1 unspecified atom stereocenters. The molecule has 0 bridgehead atoms. The van der Waals surface area contributed by atoms with Gasteiger partial charge in [0.1, 0.15) is 17.2 Å².